The van der Waals surface area contributed by atoms with Gasteiger partial charge in [-0.2, -0.15) is 0 Å². The third-order valence-electron chi connectivity index (χ3n) is 3.41. The predicted octanol–water partition coefficient (Wildman–Crippen LogP) is 4.33. The van der Waals surface area contributed by atoms with Gasteiger partial charge in [0, 0.05) is 15.8 Å². The van der Waals surface area contributed by atoms with Crippen LogP contribution in [0.4, 0.5) is 0 Å². The third kappa shape index (κ3) is 3.01. The number of hydrogen-bond donors (Lipinski definition) is 1. The highest BCUT2D eigenvalue weighted by atomic mass is 35.5. The zero-order valence-electron chi connectivity index (χ0n) is 11.7. The molecule has 0 aliphatic heterocycles. The Morgan fingerprint density at radius 1 is 1.30 bits per heavy atom. The van der Waals surface area contributed by atoms with E-state index in [1.54, 1.807) is 6.07 Å². The molecule has 0 radical (unpaired) electrons. The number of rotatable bonds is 5. The van der Waals surface area contributed by atoms with Crippen molar-refractivity contribution in [1.82, 2.24) is 4.72 Å². The molecule has 2 aromatic rings. The number of hydrogen-bond acceptors (Lipinski definition) is 3. The van der Waals surface area contributed by atoms with Gasteiger partial charge in [0.25, 0.3) is 10.0 Å². The maximum atomic E-state index is 12.5. The van der Waals surface area contributed by atoms with Crippen LogP contribution in [0.5, 0.6) is 0 Å². The van der Waals surface area contributed by atoms with Crippen LogP contribution in [0.25, 0.3) is 10.1 Å². The molecular formula is C14H18ClNO2S2. The molecule has 0 aliphatic carbocycles. The summed E-state index contributed by atoms with van der Waals surface area (Å²) < 4.78 is 29.1. The van der Waals surface area contributed by atoms with Crippen LogP contribution in [-0.4, -0.2) is 14.5 Å². The second-order valence-electron chi connectivity index (χ2n) is 4.79. The second-order valence-corrected chi connectivity index (χ2v) is 8.19. The van der Waals surface area contributed by atoms with Gasteiger partial charge < -0.3 is 0 Å². The maximum Gasteiger partial charge on any atom is 0.250 e. The summed E-state index contributed by atoms with van der Waals surface area (Å²) in [7, 11) is -3.46. The zero-order valence-corrected chi connectivity index (χ0v) is 14.1. The van der Waals surface area contributed by atoms with Crippen molar-refractivity contribution in [3.8, 4) is 0 Å². The van der Waals surface area contributed by atoms with E-state index in [0.29, 0.717) is 9.23 Å². The van der Waals surface area contributed by atoms with Crippen LogP contribution in [0.15, 0.2) is 22.4 Å². The average molecular weight is 332 g/mol. The molecular weight excluding hydrogens is 314 g/mol. The fraction of sp³-hybridized carbons (Fsp3) is 0.429. The van der Waals surface area contributed by atoms with Crippen LogP contribution in [0.3, 0.4) is 0 Å². The highest BCUT2D eigenvalue weighted by Crippen LogP contribution is 2.35. The van der Waals surface area contributed by atoms with E-state index < -0.39 is 10.0 Å². The number of sulfonamides is 1. The number of aryl methyl sites for hydroxylation is 1. The Morgan fingerprint density at radius 2 is 1.95 bits per heavy atom. The van der Waals surface area contributed by atoms with Gasteiger partial charge in [0.2, 0.25) is 0 Å². The molecule has 0 unspecified atom stereocenters. The lowest BCUT2D eigenvalue weighted by atomic mass is 10.2. The van der Waals surface area contributed by atoms with Gasteiger partial charge in [0.15, 0.2) is 0 Å². The molecule has 1 aromatic carbocycles. The number of thiophene rings is 1. The van der Waals surface area contributed by atoms with Gasteiger partial charge in [-0.25, -0.2) is 13.1 Å². The van der Waals surface area contributed by atoms with Crippen LogP contribution in [-0.2, 0) is 10.0 Å². The van der Waals surface area contributed by atoms with E-state index in [-0.39, 0.29) is 6.04 Å². The lowest BCUT2D eigenvalue weighted by molar-refractivity contribution is 0.531. The normalized spacial score (nSPS) is 12.4. The van der Waals surface area contributed by atoms with Gasteiger partial charge in [-0.05, 0) is 48.9 Å². The lowest BCUT2D eigenvalue weighted by Crippen LogP contribution is -2.33. The summed E-state index contributed by atoms with van der Waals surface area (Å²) in [6, 6.07) is 5.45. The summed E-state index contributed by atoms with van der Waals surface area (Å²) >= 11 is 7.28. The van der Waals surface area contributed by atoms with Gasteiger partial charge in [-0.1, -0.05) is 25.4 Å². The Morgan fingerprint density at radius 3 is 2.55 bits per heavy atom. The van der Waals surface area contributed by atoms with Crippen molar-refractivity contribution in [2.75, 3.05) is 0 Å². The molecule has 0 fully saturated rings. The highest BCUT2D eigenvalue weighted by molar-refractivity contribution is 7.91. The Bertz CT molecular complexity index is 718. The molecule has 0 amide bonds. The molecule has 0 aliphatic rings. The Labute approximate surface area is 129 Å². The summed E-state index contributed by atoms with van der Waals surface area (Å²) in [4.78, 5) is 0. The summed E-state index contributed by atoms with van der Waals surface area (Å²) in [5.74, 6) is 0. The van der Waals surface area contributed by atoms with E-state index >= 15 is 0 Å². The fourth-order valence-electron chi connectivity index (χ4n) is 2.16. The lowest BCUT2D eigenvalue weighted by Gasteiger charge is -2.14. The van der Waals surface area contributed by atoms with Crippen molar-refractivity contribution in [2.24, 2.45) is 0 Å². The fourth-order valence-corrected chi connectivity index (χ4v) is 5.49. The molecule has 0 spiro atoms. The summed E-state index contributed by atoms with van der Waals surface area (Å²) in [5, 5.41) is 1.53. The van der Waals surface area contributed by atoms with Gasteiger partial charge in [-0.3, -0.25) is 0 Å². The summed E-state index contributed by atoms with van der Waals surface area (Å²) in [6.45, 7) is 5.79. The third-order valence-corrected chi connectivity index (χ3v) is 7.05. The smallest absolute Gasteiger partial charge is 0.207 e. The molecule has 0 bridgehead atoms. The first-order chi connectivity index (χ1) is 9.39. The summed E-state index contributed by atoms with van der Waals surface area (Å²) in [5.41, 5.74) is 0.769. The maximum absolute atomic E-state index is 12.5. The Kier molecular flexibility index (Phi) is 4.74. The van der Waals surface area contributed by atoms with E-state index in [9.17, 15) is 8.42 Å². The second kappa shape index (κ2) is 6.02. The first kappa shape index (κ1) is 15.8. The molecule has 0 atom stereocenters. The monoisotopic (exact) mass is 331 g/mol. The molecule has 2 rings (SSSR count). The number of nitrogens with one attached hydrogen (secondary N) is 1. The van der Waals surface area contributed by atoms with E-state index in [1.165, 1.54) is 11.3 Å². The predicted molar refractivity (Wildman–Crippen MR) is 86.3 cm³/mol. The molecule has 0 saturated carbocycles. The average Bonchev–Trinajstić information content (AvgIpc) is 2.74. The van der Waals surface area contributed by atoms with Gasteiger partial charge in [0.05, 0.1) is 0 Å². The van der Waals surface area contributed by atoms with Crippen molar-refractivity contribution in [1.29, 1.82) is 0 Å². The molecule has 1 heterocycles. The molecule has 6 heteroatoms. The highest BCUT2D eigenvalue weighted by Gasteiger charge is 2.23. The number of fused-ring (bicyclic) bond motifs is 1. The van der Waals surface area contributed by atoms with Crippen molar-refractivity contribution in [3.63, 3.8) is 0 Å². The van der Waals surface area contributed by atoms with Gasteiger partial charge in [-0.15, -0.1) is 11.3 Å². The van der Waals surface area contributed by atoms with Crippen LogP contribution in [0, 0.1) is 6.92 Å². The molecule has 20 heavy (non-hydrogen) atoms. The molecule has 3 nitrogen and oxygen atoms in total. The van der Waals surface area contributed by atoms with E-state index in [1.807, 2.05) is 32.9 Å². The largest absolute Gasteiger partial charge is 0.250 e. The number of benzene rings is 1. The zero-order chi connectivity index (χ0) is 14.9. The standard InChI is InChI=1S/C14H18ClNO2S2/c1-4-11(5-2)16-20(17,18)14-9(3)12-8-10(15)6-7-13(12)19-14/h6-8,11,16H,4-5H2,1-3H3. The number of halogens is 1. The Hall–Kier alpha value is -0.620. The van der Waals surface area contributed by atoms with E-state index in [0.717, 1.165) is 28.5 Å². The molecule has 0 saturated heterocycles. The quantitative estimate of drug-likeness (QED) is 0.886. The minimum atomic E-state index is -3.46. The van der Waals surface area contributed by atoms with Crippen LogP contribution in [0.1, 0.15) is 32.3 Å². The minimum absolute atomic E-state index is 0.0202. The van der Waals surface area contributed by atoms with Crippen molar-refractivity contribution in [2.45, 2.75) is 43.9 Å². The topological polar surface area (TPSA) is 46.2 Å². The van der Waals surface area contributed by atoms with Crippen LogP contribution >= 0.6 is 22.9 Å². The van der Waals surface area contributed by atoms with Crippen molar-refractivity contribution < 1.29 is 8.42 Å². The molecule has 110 valence electrons. The molecule has 1 N–H and O–H groups in total. The van der Waals surface area contributed by atoms with Crippen molar-refractivity contribution >= 4 is 43.0 Å². The van der Waals surface area contributed by atoms with E-state index in [4.69, 9.17) is 11.6 Å². The first-order valence-electron chi connectivity index (χ1n) is 6.60. The van der Waals surface area contributed by atoms with Gasteiger partial charge in [0.1, 0.15) is 4.21 Å². The van der Waals surface area contributed by atoms with Gasteiger partial charge >= 0.3 is 0 Å². The SMILES string of the molecule is CCC(CC)NS(=O)(=O)c1sc2ccc(Cl)cc2c1C. The van der Waals surface area contributed by atoms with E-state index in [2.05, 4.69) is 4.72 Å². The first-order valence-corrected chi connectivity index (χ1v) is 9.27. The van der Waals surface area contributed by atoms with Crippen molar-refractivity contribution in [3.05, 3.63) is 28.8 Å². The minimum Gasteiger partial charge on any atom is -0.207 e. The Balaban J connectivity index is 2.49. The molecule has 1 aromatic heterocycles. The van der Waals surface area contributed by atoms with Crippen LogP contribution < -0.4 is 4.72 Å². The van der Waals surface area contributed by atoms with Crippen LogP contribution in [0.2, 0.25) is 5.02 Å². The summed E-state index contributed by atoms with van der Waals surface area (Å²) in [6.07, 6.45) is 1.57.